The third kappa shape index (κ3) is 4.57. The molecule has 0 spiro atoms. The Balaban J connectivity index is 1.57. The Hall–Kier alpha value is -2.40. The molecule has 2 heterocycles. The van der Waals surface area contributed by atoms with Gasteiger partial charge < -0.3 is 10.2 Å². The standard InChI is InChI=1S/C20H26N4O/c1-23(2)19-13-17(10-11-21-19)14-22-20(25)18-9-6-12-24(18)15-16-7-4-3-5-8-16/h3-5,7-8,10-11,13,18H,6,9,12,14-15H2,1-2H3,(H,22,25)/t18-/m0/s1. The number of carbonyl (C=O) groups is 1. The second-order valence-corrected chi connectivity index (χ2v) is 6.75. The molecule has 5 heteroatoms. The first-order chi connectivity index (χ1) is 12.1. The molecule has 1 atom stereocenters. The number of hydrogen-bond donors (Lipinski definition) is 1. The lowest BCUT2D eigenvalue weighted by atomic mass is 10.1. The van der Waals surface area contributed by atoms with Gasteiger partial charge in [-0.1, -0.05) is 30.3 Å². The molecule has 132 valence electrons. The molecule has 1 fully saturated rings. The number of anilines is 1. The van der Waals surface area contributed by atoms with Crippen LogP contribution in [0.3, 0.4) is 0 Å². The molecule has 1 aliphatic rings. The molecule has 0 radical (unpaired) electrons. The molecule has 25 heavy (non-hydrogen) atoms. The summed E-state index contributed by atoms with van der Waals surface area (Å²) in [4.78, 5) is 21.2. The summed E-state index contributed by atoms with van der Waals surface area (Å²) >= 11 is 0. The minimum atomic E-state index is -0.0321. The van der Waals surface area contributed by atoms with Gasteiger partial charge in [0.1, 0.15) is 5.82 Å². The summed E-state index contributed by atoms with van der Waals surface area (Å²) in [5.74, 6) is 1.02. The molecule has 5 nitrogen and oxygen atoms in total. The van der Waals surface area contributed by atoms with Crippen LogP contribution < -0.4 is 10.2 Å². The lowest BCUT2D eigenvalue weighted by molar-refractivity contribution is -0.125. The third-order valence-electron chi connectivity index (χ3n) is 4.63. The molecule has 1 aliphatic heterocycles. The van der Waals surface area contributed by atoms with Gasteiger partial charge in [-0.25, -0.2) is 4.98 Å². The van der Waals surface area contributed by atoms with Gasteiger partial charge in [-0.15, -0.1) is 0 Å². The number of nitrogens with one attached hydrogen (secondary N) is 1. The Morgan fingerprint density at radius 2 is 2.04 bits per heavy atom. The average Bonchev–Trinajstić information content (AvgIpc) is 3.09. The van der Waals surface area contributed by atoms with Crippen LogP contribution in [0.1, 0.15) is 24.0 Å². The maximum Gasteiger partial charge on any atom is 0.237 e. The van der Waals surface area contributed by atoms with E-state index in [0.717, 1.165) is 37.3 Å². The fourth-order valence-electron chi connectivity index (χ4n) is 3.25. The van der Waals surface area contributed by atoms with Crippen LogP contribution >= 0.6 is 0 Å². The van der Waals surface area contributed by atoms with Crippen LogP contribution in [0, 0.1) is 0 Å². The van der Waals surface area contributed by atoms with Crippen molar-refractivity contribution in [3.63, 3.8) is 0 Å². The topological polar surface area (TPSA) is 48.5 Å². The third-order valence-corrected chi connectivity index (χ3v) is 4.63. The smallest absolute Gasteiger partial charge is 0.237 e. The van der Waals surface area contributed by atoms with Gasteiger partial charge in [0.25, 0.3) is 0 Å². The van der Waals surface area contributed by atoms with Gasteiger partial charge in [-0.2, -0.15) is 0 Å². The van der Waals surface area contributed by atoms with Crippen LogP contribution in [0.4, 0.5) is 5.82 Å². The van der Waals surface area contributed by atoms with E-state index in [9.17, 15) is 4.79 Å². The number of nitrogens with zero attached hydrogens (tertiary/aromatic N) is 3. The molecule has 1 N–H and O–H groups in total. The van der Waals surface area contributed by atoms with Crippen LogP contribution in [0.5, 0.6) is 0 Å². The maximum atomic E-state index is 12.7. The number of rotatable bonds is 6. The van der Waals surface area contributed by atoms with Crippen LogP contribution in [0.25, 0.3) is 0 Å². The van der Waals surface area contributed by atoms with Crippen molar-refractivity contribution >= 4 is 11.7 Å². The van der Waals surface area contributed by atoms with Gasteiger partial charge in [-0.3, -0.25) is 9.69 Å². The summed E-state index contributed by atoms with van der Waals surface area (Å²) in [6.07, 6.45) is 3.79. The first-order valence-corrected chi connectivity index (χ1v) is 8.81. The van der Waals surface area contributed by atoms with Gasteiger partial charge in [0.2, 0.25) is 5.91 Å². The highest BCUT2D eigenvalue weighted by molar-refractivity contribution is 5.82. The molecule has 1 aromatic carbocycles. The van der Waals surface area contributed by atoms with Gasteiger partial charge in [0, 0.05) is 33.4 Å². The molecule has 3 rings (SSSR count). The zero-order valence-corrected chi connectivity index (χ0v) is 15.0. The average molecular weight is 338 g/mol. The fourth-order valence-corrected chi connectivity index (χ4v) is 3.25. The highest BCUT2D eigenvalue weighted by Gasteiger charge is 2.30. The molecule has 1 aromatic heterocycles. The summed E-state index contributed by atoms with van der Waals surface area (Å²) in [6, 6.07) is 14.3. The van der Waals surface area contributed by atoms with Crippen molar-refractivity contribution in [1.82, 2.24) is 15.2 Å². The van der Waals surface area contributed by atoms with E-state index in [0.29, 0.717) is 6.54 Å². The number of amides is 1. The van der Waals surface area contributed by atoms with Crippen molar-refractivity contribution < 1.29 is 4.79 Å². The van der Waals surface area contributed by atoms with E-state index in [1.807, 2.05) is 49.3 Å². The molecule has 0 bridgehead atoms. The minimum absolute atomic E-state index is 0.0321. The van der Waals surface area contributed by atoms with Crippen LogP contribution in [-0.4, -0.2) is 42.5 Å². The predicted octanol–water partition coefficient (Wildman–Crippen LogP) is 2.43. The van der Waals surface area contributed by atoms with Crippen LogP contribution in [-0.2, 0) is 17.9 Å². The lowest BCUT2D eigenvalue weighted by Crippen LogP contribution is -2.42. The van der Waals surface area contributed by atoms with E-state index in [1.165, 1.54) is 5.56 Å². The van der Waals surface area contributed by atoms with Crippen molar-refractivity contribution in [1.29, 1.82) is 0 Å². The zero-order chi connectivity index (χ0) is 17.6. The number of likely N-dealkylation sites (tertiary alicyclic amines) is 1. The van der Waals surface area contributed by atoms with Gasteiger partial charge in [-0.05, 0) is 42.6 Å². The van der Waals surface area contributed by atoms with Gasteiger partial charge in [0.05, 0.1) is 6.04 Å². The lowest BCUT2D eigenvalue weighted by Gasteiger charge is -2.23. The summed E-state index contributed by atoms with van der Waals surface area (Å²) in [7, 11) is 3.93. The first-order valence-electron chi connectivity index (χ1n) is 8.81. The molecule has 0 unspecified atom stereocenters. The molecular formula is C20H26N4O. The van der Waals surface area contributed by atoms with Gasteiger partial charge in [0.15, 0.2) is 0 Å². The largest absolute Gasteiger partial charge is 0.363 e. The monoisotopic (exact) mass is 338 g/mol. The summed E-state index contributed by atoms with van der Waals surface area (Å²) in [5, 5.41) is 3.10. The highest BCUT2D eigenvalue weighted by Crippen LogP contribution is 2.20. The predicted molar refractivity (Wildman–Crippen MR) is 100 cm³/mol. The molecule has 0 aliphatic carbocycles. The summed E-state index contributed by atoms with van der Waals surface area (Å²) in [5.41, 5.74) is 2.33. The summed E-state index contributed by atoms with van der Waals surface area (Å²) in [6.45, 7) is 2.35. The van der Waals surface area contributed by atoms with Crippen LogP contribution in [0.15, 0.2) is 48.7 Å². The normalized spacial score (nSPS) is 17.4. The number of benzene rings is 1. The van der Waals surface area contributed by atoms with Crippen LogP contribution in [0.2, 0.25) is 0 Å². The Morgan fingerprint density at radius 1 is 1.24 bits per heavy atom. The SMILES string of the molecule is CN(C)c1cc(CNC(=O)[C@@H]2CCCN2Cc2ccccc2)ccn1. The van der Waals surface area contributed by atoms with E-state index in [-0.39, 0.29) is 11.9 Å². The number of hydrogen-bond acceptors (Lipinski definition) is 4. The quantitative estimate of drug-likeness (QED) is 0.879. The highest BCUT2D eigenvalue weighted by atomic mass is 16.2. The van der Waals surface area contributed by atoms with E-state index in [2.05, 4.69) is 27.3 Å². The second kappa shape index (κ2) is 8.12. The van der Waals surface area contributed by atoms with Gasteiger partial charge >= 0.3 is 0 Å². The number of pyridine rings is 1. The van der Waals surface area contributed by atoms with Crippen molar-refractivity contribution in [2.24, 2.45) is 0 Å². The Bertz CT molecular complexity index is 702. The van der Waals surface area contributed by atoms with Crippen molar-refractivity contribution in [2.75, 3.05) is 25.5 Å². The summed E-state index contributed by atoms with van der Waals surface area (Å²) < 4.78 is 0. The maximum absolute atomic E-state index is 12.7. The van der Waals surface area contributed by atoms with Crippen molar-refractivity contribution in [2.45, 2.75) is 32.0 Å². The Labute approximate surface area is 149 Å². The number of aromatic nitrogens is 1. The van der Waals surface area contributed by atoms with E-state index in [1.54, 1.807) is 6.20 Å². The van der Waals surface area contributed by atoms with E-state index >= 15 is 0 Å². The molecular weight excluding hydrogens is 312 g/mol. The Kier molecular flexibility index (Phi) is 5.66. The molecule has 0 saturated carbocycles. The number of carbonyl (C=O) groups excluding carboxylic acids is 1. The minimum Gasteiger partial charge on any atom is -0.363 e. The fraction of sp³-hybridized carbons (Fsp3) is 0.400. The Morgan fingerprint density at radius 3 is 2.80 bits per heavy atom. The van der Waals surface area contributed by atoms with E-state index < -0.39 is 0 Å². The molecule has 1 amide bonds. The van der Waals surface area contributed by atoms with E-state index in [4.69, 9.17) is 0 Å². The zero-order valence-electron chi connectivity index (χ0n) is 15.0. The molecule has 2 aromatic rings. The second-order valence-electron chi connectivity index (χ2n) is 6.75. The first kappa shape index (κ1) is 17.4. The van der Waals surface area contributed by atoms with Crippen molar-refractivity contribution in [3.05, 3.63) is 59.8 Å². The molecule has 1 saturated heterocycles. The van der Waals surface area contributed by atoms with Crippen molar-refractivity contribution in [3.8, 4) is 0 Å².